The van der Waals surface area contributed by atoms with Crippen molar-refractivity contribution in [2.24, 2.45) is 0 Å². The van der Waals surface area contributed by atoms with Crippen LogP contribution in [0.4, 0.5) is 0 Å². The zero-order chi connectivity index (χ0) is 43.5. The van der Waals surface area contributed by atoms with Crippen molar-refractivity contribution < 1.29 is 23.8 Å². The summed E-state index contributed by atoms with van der Waals surface area (Å²) in [6.45, 7) is 7.82. The fraction of sp³-hybridized carbons (Fsp3) is 0.855. The molecule has 0 rings (SSSR count). The highest BCUT2D eigenvalue weighted by molar-refractivity contribution is 5.70. The molecular weight excluding hydrogens is 741 g/mol. The molecule has 0 heterocycles. The normalized spacial score (nSPS) is 12.4. The van der Waals surface area contributed by atoms with Crippen molar-refractivity contribution in [1.29, 1.82) is 0 Å². The minimum Gasteiger partial charge on any atom is -0.462 e. The van der Waals surface area contributed by atoms with Gasteiger partial charge < -0.3 is 14.2 Å². The lowest BCUT2D eigenvalue weighted by molar-refractivity contribution is -0.163. The van der Waals surface area contributed by atoms with Crippen LogP contribution >= 0.6 is 0 Å². The smallest absolute Gasteiger partial charge is 0.306 e. The molecule has 0 aliphatic heterocycles. The first-order valence-corrected chi connectivity index (χ1v) is 26.5. The number of carbonyl (C=O) groups is 2. The number of allylic oxidation sites excluding steroid dienone is 6. The van der Waals surface area contributed by atoms with E-state index in [1.54, 1.807) is 0 Å². The number of hydrogen-bond acceptors (Lipinski definition) is 5. The zero-order valence-corrected chi connectivity index (χ0v) is 40.5. The van der Waals surface area contributed by atoms with E-state index < -0.39 is 6.10 Å². The maximum atomic E-state index is 12.8. The van der Waals surface area contributed by atoms with Gasteiger partial charge in [0.05, 0.1) is 6.61 Å². The van der Waals surface area contributed by atoms with Gasteiger partial charge >= 0.3 is 11.9 Å². The molecule has 0 radical (unpaired) electrons. The summed E-state index contributed by atoms with van der Waals surface area (Å²) in [5.41, 5.74) is 0. The van der Waals surface area contributed by atoms with E-state index in [0.717, 1.165) is 51.4 Å². The van der Waals surface area contributed by atoms with Gasteiger partial charge in [0.15, 0.2) is 6.10 Å². The molecule has 0 aromatic rings. The molecule has 5 heteroatoms. The second kappa shape index (κ2) is 51.5. The van der Waals surface area contributed by atoms with Gasteiger partial charge in [0.25, 0.3) is 0 Å². The average Bonchev–Trinajstić information content (AvgIpc) is 3.25. The first-order valence-electron chi connectivity index (χ1n) is 26.5. The van der Waals surface area contributed by atoms with Crippen LogP contribution < -0.4 is 0 Å². The number of hydrogen-bond donors (Lipinski definition) is 0. The molecule has 0 spiro atoms. The summed E-state index contributed by atoms with van der Waals surface area (Å²) in [4.78, 5) is 25.4. The number of rotatable bonds is 49. The fourth-order valence-corrected chi connectivity index (χ4v) is 7.65. The average molecular weight is 843 g/mol. The molecule has 352 valence electrons. The van der Waals surface area contributed by atoms with Crippen LogP contribution in [-0.2, 0) is 23.8 Å². The molecule has 0 bridgehead atoms. The molecule has 0 saturated carbocycles. The maximum Gasteiger partial charge on any atom is 0.306 e. The van der Waals surface area contributed by atoms with E-state index in [9.17, 15) is 9.59 Å². The van der Waals surface area contributed by atoms with Crippen LogP contribution in [0.3, 0.4) is 0 Å². The largest absolute Gasteiger partial charge is 0.462 e. The van der Waals surface area contributed by atoms with Crippen molar-refractivity contribution in [3.8, 4) is 0 Å². The molecule has 1 atom stereocenters. The molecule has 0 aliphatic rings. The second-order valence-electron chi connectivity index (χ2n) is 17.8. The van der Waals surface area contributed by atoms with Gasteiger partial charge in [-0.05, 0) is 77.0 Å². The molecule has 0 aliphatic carbocycles. The Bertz CT molecular complexity index is 955. The molecule has 60 heavy (non-hydrogen) atoms. The van der Waals surface area contributed by atoms with Crippen LogP contribution in [0.5, 0.6) is 0 Å². The second-order valence-corrected chi connectivity index (χ2v) is 17.8. The third-order valence-corrected chi connectivity index (χ3v) is 11.6. The Balaban J connectivity index is 4.20. The maximum absolute atomic E-state index is 12.8. The summed E-state index contributed by atoms with van der Waals surface area (Å²) in [6.07, 6.45) is 61.5. The summed E-state index contributed by atoms with van der Waals surface area (Å²) in [7, 11) is 0. The summed E-state index contributed by atoms with van der Waals surface area (Å²) in [5.74, 6) is -0.398. The number of carbonyl (C=O) groups excluding carboxylic acids is 2. The van der Waals surface area contributed by atoms with Gasteiger partial charge in [-0.3, -0.25) is 9.59 Å². The standard InChI is InChI=1S/C55H102O5/c1-4-7-10-13-16-19-22-25-26-27-28-29-30-32-33-36-39-42-45-48-54(56)59-52-53(51-58-50-47-44-41-38-35-24-21-18-15-12-9-6-3)60-55(57)49-46-43-40-37-34-31-23-20-17-14-11-8-5-2/h16,19-20,23,25-26,53H,4-15,17-18,21-22,24,27-52H2,1-3H3/b19-16-,23-20-,26-25-. The molecule has 0 amide bonds. The third-order valence-electron chi connectivity index (χ3n) is 11.6. The highest BCUT2D eigenvalue weighted by Crippen LogP contribution is 2.15. The van der Waals surface area contributed by atoms with Crippen LogP contribution in [0.15, 0.2) is 36.5 Å². The van der Waals surface area contributed by atoms with Crippen LogP contribution in [0, 0.1) is 0 Å². The van der Waals surface area contributed by atoms with Gasteiger partial charge in [-0.15, -0.1) is 0 Å². The molecule has 0 fully saturated rings. The monoisotopic (exact) mass is 843 g/mol. The van der Waals surface area contributed by atoms with Gasteiger partial charge in [0.1, 0.15) is 6.61 Å². The van der Waals surface area contributed by atoms with Crippen LogP contribution in [-0.4, -0.2) is 37.9 Å². The minimum absolute atomic E-state index is 0.0844. The van der Waals surface area contributed by atoms with Crippen molar-refractivity contribution in [2.45, 2.75) is 284 Å². The van der Waals surface area contributed by atoms with E-state index in [4.69, 9.17) is 14.2 Å². The fourth-order valence-electron chi connectivity index (χ4n) is 7.65. The van der Waals surface area contributed by atoms with E-state index >= 15 is 0 Å². The summed E-state index contributed by atoms with van der Waals surface area (Å²) < 4.78 is 17.4. The molecule has 0 aromatic carbocycles. The number of ether oxygens (including phenoxy) is 3. The Labute approximate surface area is 374 Å². The van der Waals surface area contributed by atoms with Gasteiger partial charge in [-0.1, -0.05) is 224 Å². The molecule has 1 unspecified atom stereocenters. The number of esters is 2. The van der Waals surface area contributed by atoms with E-state index in [0.29, 0.717) is 19.4 Å². The van der Waals surface area contributed by atoms with Crippen molar-refractivity contribution >= 4 is 11.9 Å². The van der Waals surface area contributed by atoms with Crippen LogP contribution in [0.2, 0.25) is 0 Å². The van der Waals surface area contributed by atoms with Crippen molar-refractivity contribution in [2.75, 3.05) is 19.8 Å². The van der Waals surface area contributed by atoms with E-state index in [1.807, 2.05) is 0 Å². The highest BCUT2D eigenvalue weighted by Gasteiger charge is 2.17. The summed E-state index contributed by atoms with van der Waals surface area (Å²) in [5, 5.41) is 0. The Morgan fingerprint density at radius 2 is 0.700 bits per heavy atom. The minimum atomic E-state index is -0.536. The van der Waals surface area contributed by atoms with Gasteiger partial charge in [0, 0.05) is 19.4 Å². The predicted octanol–water partition coefficient (Wildman–Crippen LogP) is 17.8. The van der Waals surface area contributed by atoms with E-state index in [1.165, 1.54) is 193 Å². The summed E-state index contributed by atoms with van der Waals surface area (Å²) in [6, 6.07) is 0. The predicted molar refractivity (Wildman–Crippen MR) is 261 cm³/mol. The third kappa shape index (κ3) is 48.8. The van der Waals surface area contributed by atoms with Crippen molar-refractivity contribution in [1.82, 2.24) is 0 Å². The van der Waals surface area contributed by atoms with Crippen molar-refractivity contribution in [3.05, 3.63) is 36.5 Å². The van der Waals surface area contributed by atoms with Crippen molar-refractivity contribution in [3.63, 3.8) is 0 Å². The Morgan fingerprint density at radius 3 is 1.17 bits per heavy atom. The van der Waals surface area contributed by atoms with Crippen LogP contribution in [0.1, 0.15) is 278 Å². The molecule has 0 aromatic heterocycles. The summed E-state index contributed by atoms with van der Waals surface area (Å²) >= 11 is 0. The lowest BCUT2D eigenvalue weighted by Gasteiger charge is -2.18. The Kier molecular flexibility index (Phi) is 49.9. The first-order chi connectivity index (χ1) is 29.6. The Hall–Kier alpha value is -1.88. The first kappa shape index (κ1) is 58.1. The zero-order valence-electron chi connectivity index (χ0n) is 40.5. The van der Waals surface area contributed by atoms with E-state index in [2.05, 4.69) is 57.2 Å². The molecule has 5 nitrogen and oxygen atoms in total. The van der Waals surface area contributed by atoms with Gasteiger partial charge in [0.2, 0.25) is 0 Å². The highest BCUT2D eigenvalue weighted by atomic mass is 16.6. The SMILES string of the molecule is CCCCC/C=C\C/C=C\CCCCCCCCCCCC(=O)OCC(COCCCCCCCCCCCCCC)OC(=O)CCCCCCC/C=C\CCCCCC. The van der Waals surface area contributed by atoms with E-state index in [-0.39, 0.29) is 25.2 Å². The number of unbranched alkanes of at least 4 members (excludes halogenated alkanes) is 32. The topological polar surface area (TPSA) is 61.8 Å². The lowest BCUT2D eigenvalue weighted by Crippen LogP contribution is -2.30. The Morgan fingerprint density at radius 1 is 0.367 bits per heavy atom. The molecule has 0 N–H and O–H groups in total. The molecule has 0 saturated heterocycles. The van der Waals surface area contributed by atoms with Gasteiger partial charge in [-0.2, -0.15) is 0 Å². The van der Waals surface area contributed by atoms with Crippen LogP contribution in [0.25, 0.3) is 0 Å². The quantitative estimate of drug-likeness (QED) is 0.0347. The lowest BCUT2D eigenvalue weighted by atomic mass is 10.1. The van der Waals surface area contributed by atoms with Gasteiger partial charge in [-0.25, -0.2) is 0 Å². The molecular formula is C55H102O5.